The summed E-state index contributed by atoms with van der Waals surface area (Å²) in [5.74, 6) is 2.11. The monoisotopic (exact) mass is 190 g/mol. The van der Waals surface area contributed by atoms with E-state index < -0.39 is 0 Å². The zero-order chi connectivity index (χ0) is 9.54. The van der Waals surface area contributed by atoms with Crippen LogP contribution in [-0.4, -0.2) is 5.78 Å². The van der Waals surface area contributed by atoms with Crippen molar-refractivity contribution in [3.05, 3.63) is 24.2 Å². The Hall–Kier alpha value is -1.05. The number of furan rings is 1. The van der Waals surface area contributed by atoms with Gasteiger partial charge in [-0.15, -0.1) is 0 Å². The van der Waals surface area contributed by atoms with E-state index in [4.69, 9.17) is 4.42 Å². The molecule has 1 heterocycles. The normalized spacial score (nSPS) is 35.0. The third-order valence-electron chi connectivity index (χ3n) is 3.88. The van der Waals surface area contributed by atoms with E-state index in [-0.39, 0.29) is 0 Å². The standard InChI is InChI=1S/C12H14O2/c13-12(10-3-4-14-7-10)11-6-8-1-2-9(11)5-8/h3-4,7-9,11H,1-2,5-6H2. The first-order chi connectivity index (χ1) is 6.84. The first-order valence-corrected chi connectivity index (χ1v) is 5.41. The number of hydrogen-bond donors (Lipinski definition) is 0. The minimum Gasteiger partial charge on any atom is -0.472 e. The van der Waals surface area contributed by atoms with Crippen molar-refractivity contribution in [1.29, 1.82) is 0 Å². The van der Waals surface area contributed by atoms with Crippen LogP contribution in [0.3, 0.4) is 0 Å². The van der Waals surface area contributed by atoms with Crippen molar-refractivity contribution in [3.63, 3.8) is 0 Å². The van der Waals surface area contributed by atoms with E-state index in [0.717, 1.165) is 17.9 Å². The molecule has 0 saturated heterocycles. The molecule has 2 fully saturated rings. The van der Waals surface area contributed by atoms with Crippen molar-refractivity contribution >= 4 is 5.78 Å². The molecule has 14 heavy (non-hydrogen) atoms. The molecule has 1 aromatic rings. The zero-order valence-corrected chi connectivity index (χ0v) is 8.11. The molecule has 0 N–H and O–H groups in total. The predicted octanol–water partition coefficient (Wildman–Crippen LogP) is 2.90. The van der Waals surface area contributed by atoms with Crippen LogP contribution < -0.4 is 0 Å². The Bertz CT molecular complexity index is 339. The Kier molecular flexibility index (Phi) is 1.76. The van der Waals surface area contributed by atoms with Crippen LogP contribution in [0.1, 0.15) is 36.0 Å². The molecule has 3 atom stereocenters. The average Bonchev–Trinajstić information content (AvgIpc) is 2.93. The van der Waals surface area contributed by atoms with Gasteiger partial charge in [-0.05, 0) is 37.2 Å². The van der Waals surface area contributed by atoms with Crippen LogP contribution >= 0.6 is 0 Å². The Labute approximate surface area is 83.3 Å². The van der Waals surface area contributed by atoms with Gasteiger partial charge in [0.05, 0.1) is 11.8 Å². The van der Waals surface area contributed by atoms with Crippen LogP contribution in [-0.2, 0) is 0 Å². The highest BCUT2D eigenvalue weighted by atomic mass is 16.3. The second-order valence-electron chi connectivity index (χ2n) is 4.66. The van der Waals surface area contributed by atoms with Gasteiger partial charge >= 0.3 is 0 Å². The molecule has 2 heteroatoms. The molecule has 2 saturated carbocycles. The van der Waals surface area contributed by atoms with Crippen molar-refractivity contribution < 1.29 is 9.21 Å². The van der Waals surface area contributed by atoms with Gasteiger partial charge in [-0.2, -0.15) is 0 Å². The highest BCUT2D eigenvalue weighted by Gasteiger charge is 2.43. The van der Waals surface area contributed by atoms with Gasteiger partial charge in [-0.1, -0.05) is 6.42 Å². The number of ketones is 1. The predicted molar refractivity (Wildman–Crippen MR) is 52.0 cm³/mol. The Morgan fingerprint density at radius 2 is 2.29 bits per heavy atom. The van der Waals surface area contributed by atoms with Crippen LogP contribution in [0, 0.1) is 17.8 Å². The maximum Gasteiger partial charge on any atom is 0.169 e. The van der Waals surface area contributed by atoms with E-state index in [1.165, 1.54) is 19.3 Å². The van der Waals surface area contributed by atoms with Crippen LogP contribution in [0.15, 0.2) is 23.0 Å². The average molecular weight is 190 g/mol. The molecular formula is C12H14O2. The SMILES string of the molecule is O=C(c1ccoc1)C1CC2CCC1C2. The molecule has 0 radical (unpaired) electrons. The molecule has 0 aliphatic heterocycles. The lowest BCUT2D eigenvalue weighted by Crippen LogP contribution is -2.20. The summed E-state index contributed by atoms with van der Waals surface area (Å²) >= 11 is 0. The Balaban J connectivity index is 1.81. The van der Waals surface area contributed by atoms with Gasteiger partial charge < -0.3 is 4.42 Å². The van der Waals surface area contributed by atoms with Gasteiger partial charge in [0.2, 0.25) is 0 Å². The number of hydrogen-bond acceptors (Lipinski definition) is 2. The molecule has 0 aromatic carbocycles. The maximum absolute atomic E-state index is 12.0. The smallest absolute Gasteiger partial charge is 0.169 e. The molecule has 2 nitrogen and oxygen atoms in total. The lowest BCUT2D eigenvalue weighted by Gasteiger charge is -2.19. The van der Waals surface area contributed by atoms with Crippen molar-refractivity contribution in [3.8, 4) is 0 Å². The van der Waals surface area contributed by atoms with Gasteiger partial charge in [0.1, 0.15) is 6.26 Å². The fraction of sp³-hybridized carbons (Fsp3) is 0.583. The minimum absolute atomic E-state index is 0.298. The maximum atomic E-state index is 12.0. The second-order valence-corrected chi connectivity index (χ2v) is 4.66. The topological polar surface area (TPSA) is 30.2 Å². The van der Waals surface area contributed by atoms with Gasteiger partial charge in [0.25, 0.3) is 0 Å². The molecule has 0 amide bonds. The second kappa shape index (κ2) is 2.97. The van der Waals surface area contributed by atoms with Crippen molar-refractivity contribution in [2.24, 2.45) is 17.8 Å². The Morgan fingerprint density at radius 3 is 2.86 bits per heavy atom. The molecule has 74 valence electrons. The molecule has 0 spiro atoms. The first kappa shape index (κ1) is 8.27. The third kappa shape index (κ3) is 1.13. The summed E-state index contributed by atoms with van der Waals surface area (Å²) in [7, 11) is 0. The van der Waals surface area contributed by atoms with E-state index >= 15 is 0 Å². The van der Waals surface area contributed by atoms with Crippen LogP contribution in [0.25, 0.3) is 0 Å². The number of carbonyl (C=O) groups is 1. The molecule has 3 rings (SSSR count). The van der Waals surface area contributed by atoms with Crippen LogP contribution in [0.4, 0.5) is 0 Å². The quantitative estimate of drug-likeness (QED) is 0.671. The first-order valence-electron chi connectivity index (χ1n) is 5.41. The fourth-order valence-electron chi connectivity index (χ4n) is 3.18. The van der Waals surface area contributed by atoms with Crippen LogP contribution in [0.2, 0.25) is 0 Å². The molecule has 2 aliphatic rings. The molecule has 2 bridgehead atoms. The van der Waals surface area contributed by atoms with Crippen molar-refractivity contribution in [2.45, 2.75) is 25.7 Å². The van der Waals surface area contributed by atoms with Gasteiger partial charge in [0, 0.05) is 5.92 Å². The summed E-state index contributed by atoms with van der Waals surface area (Å²) in [4.78, 5) is 12.0. The fourth-order valence-corrected chi connectivity index (χ4v) is 3.18. The lowest BCUT2D eigenvalue weighted by molar-refractivity contribution is 0.0874. The number of carbonyl (C=O) groups excluding carboxylic acids is 1. The summed E-state index contributed by atoms with van der Waals surface area (Å²) in [5, 5.41) is 0. The highest BCUT2D eigenvalue weighted by Crippen LogP contribution is 2.49. The summed E-state index contributed by atoms with van der Waals surface area (Å²) in [6.07, 6.45) is 8.18. The van der Waals surface area contributed by atoms with E-state index in [1.807, 2.05) is 0 Å². The minimum atomic E-state index is 0.298. The summed E-state index contributed by atoms with van der Waals surface area (Å²) in [6.45, 7) is 0. The van der Waals surface area contributed by atoms with Crippen molar-refractivity contribution in [2.75, 3.05) is 0 Å². The highest BCUT2D eigenvalue weighted by molar-refractivity contribution is 5.97. The van der Waals surface area contributed by atoms with E-state index in [9.17, 15) is 4.79 Å². The van der Waals surface area contributed by atoms with E-state index in [1.54, 1.807) is 18.6 Å². The number of fused-ring (bicyclic) bond motifs is 2. The summed E-state index contributed by atoms with van der Waals surface area (Å²) in [6, 6.07) is 1.79. The van der Waals surface area contributed by atoms with Gasteiger partial charge in [-0.3, -0.25) is 4.79 Å². The van der Waals surface area contributed by atoms with Gasteiger partial charge in [0.15, 0.2) is 5.78 Å². The Morgan fingerprint density at radius 1 is 1.36 bits per heavy atom. The zero-order valence-electron chi connectivity index (χ0n) is 8.11. The van der Waals surface area contributed by atoms with Gasteiger partial charge in [-0.25, -0.2) is 0 Å². The molecule has 2 aliphatic carbocycles. The number of Topliss-reactive ketones (excluding diaryl/α,β-unsaturated/α-hetero) is 1. The third-order valence-corrected chi connectivity index (χ3v) is 3.88. The summed E-state index contributed by atoms with van der Waals surface area (Å²) in [5.41, 5.74) is 0.766. The molecule has 3 unspecified atom stereocenters. The van der Waals surface area contributed by atoms with Crippen molar-refractivity contribution in [1.82, 2.24) is 0 Å². The molecule has 1 aromatic heterocycles. The van der Waals surface area contributed by atoms with E-state index in [0.29, 0.717) is 17.6 Å². The lowest BCUT2D eigenvalue weighted by atomic mass is 9.84. The van der Waals surface area contributed by atoms with Crippen LogP contribution in [0.5, 0.6) is 0 Å². The number of rotatable bonds is 2. The van der Waals surface area contributed by atoms with E-state index in [2.05, 4.69) is 0 Å². The summed E-state index contributed by atoms with van der Waals surface area (Å²) < 4.78 is 4.95. The molecular weight excluding hydrogens is 176 g/mol. The largest absolute Gasteiger partial charge is 0.472 e.